The smallest absolute Gasteiger partial charge is 0.143 e. The number of benzene rings is 2. The van der Waals surface area contributed by atoms with Crippen LogP contribution in [0.15, 0.2) is 84.8 Å². The van der Waals surface area contributed by atoms with Gasteiger partial charge in [-0.2, -0.15) is 0 Å². The van der Waals surface area contributed by atoms with E-state index < -0.39 is 0 Å². The lowest BCUT2D eigenvalue weighted by molar-refractivity contribution is 0.340. The van der Waals surface area contributed by atoms with Crippen LogP contribution in [0.2, 0.25) is 0 Å². The van der Waals surface area contributed by atoms with Crippen LogP contribution in [-0.4, -0.2) is 21.6 Å². The molecule has 0 saturated carbocycles. The van der Waals surface area contributed by atoms with E-state index >= 15 is 0 Å². The molecule has 3 aromatic heterocycles. The minimum absolute atomic E-state index is 0.657. The molecule has 0 aliphatic rings. The fraction of sp³-hybridized carbons (Fsp3) is 0.115. The number of pyridine rings is 1. The molecule has 0 unspecified atom stereocenters. The third-order valence-electron chi connectivity index (χ3n) is 5.22. The number of rotatable bonds is 7. The Hall–Kier alpha value is -3.77. The van der Waals surface area contributed by atoms with Gasteiger partial charge in [0, 0.05) is 29.0 Å². The van der Waals surface area contributed by atoms with Gasteiger partial charge in [0.2, 0.25) is 0 Å². The van der Waals surface area contributed by atoms with Gasteiger partial charge in [0.15, 0.2) is 0 Å². The van der Waals surface area contributed by atoms with Gasteiger partial charge in [0.05, 0.1) is 12.0 Å². The van der Waals surface area contributed by atoms with Gasteiger partial charge in [-0.05, 0) is 66.4 Å². The predicted octanol–water partition coefficient (Wildman–Crippen LogP) is 6.49. The first-order valence-electron chi connectivity index (χ1n) is 10.5. The summed E-state index contributed by atoms with van der Waals surface area (Å²) < 4.78 is 5.58. The van der Waals surface area contributed by atoms with E-state index in [1.165, 1.54) is 11.1 Å². The average molecular weight is 439 g/mol. The number of hydrogen-bond donors (Lipinski definition) is 1. The molecule has 0 saturated heterocycles. The summed E-state index contributed by atoms with van der Waals surface area (Å²) >= 11 is 1.62. The Morgan fingerprint density at radius 3 is 2.38 bits per heavy atom. The van der Waals surface area contributed by atoms with Crippen molar-refractivity contribution < 1.29 is 4.74 Å². The van der Waals surface area contributed by atoms with Crippen LogP contribution < -0.4 is 10.1 Å². The lowest BCUT2D eigenvalue weighted by atomic mass is 10.1. The number of nitrogens with zero attached hydrogens (tertiary/aromatic N) is 3. The van der Waals surface area contributed by atoms with Crippen LogP contribution in [0.4, 0.5) is 11.5 Å². The first kappa shape index (κ1) is 20.2. The molecule has 0 amide bonds. The van der Waals surface area contributed by atoms with Crippen molar-refractivity contribution in [2.24, 2.45) is 0 Å². The molecular formula is C26H22N4OS. The van der Waals surface area contributed by atoms with E-state index in [0.717, 1.165) is 45.0 Å². The van der Waals surface area contributed by atoms with Gasteiger partial charge in [-0.1, -0.05) is 24.3 Å². The molecule has 0 spiro atoms. The Bertz CT molecular complexity index is 1320. The zero-order valence-electron chi connectivity index (χ0n) is 17.7. The second-order valence-electron chi connectivity index (χ2n) is 7.36. The van der Waals surface area contributed by atoms with E-state index in [-0.39, 0.29) is 0 Å². The highest BCUT2D eigenvalue weighted by atomic mass is 32.1. The minimum Gasteiger partial charge on any atom is -0.494 e. The van der Waals surface area contributed by atoms with Gasteiger partial charge in [0.25, 0.3) is 0 Å². The Morgan fingerprint density at radius 1 is 0.875 bits per heavy atom. The number of thiophene rings is 1. The molecule has 158 valence electrons. The summed E-state index contributed by atoms with van der Waals surface area (Å²) in [6.07, 6.45) is 6.15. The van der Waals surface area contributed by atoms with Gasteiger partial charge in [-0.25, -0.2) is 9.97 Å². The highest BCUT2D eigenvalue weighted by Gasteiger charge is 2.13. The Labute approximate surface area is 190 Å². The van der Waals surface area contributed by atoms with E-state index in [9.17, 15) is 0 Å². The van der Waals surface area contributed by atoms with Crippen LogP contribution in [0.1, 0.15) is 18.1 Å². The zero-order chi connectivity index (χ0) is 21.8. The van der Waals surface area contributed by atoms with Crippen LogP contribution in [0.25, 0.3) is 21.3 Å². The van der Waals surface area contributed by atoms with Gasteiger partial charge >= 0.3 is 0 Å². The number of hydrogen-bond acceptors (Lipinski definition) is 6. The number of anilines is 2. The highest BCUT2D eigenvalue weighted by Crippen LogP contribution is 2.38. The second-order valence-corrected chi connectivity index (χ2v) is 8.22. The first-order valence-corrected chi connectivity index (χ1v) is 11.4. The topological polar surface area (TPSA) is 59.9 Å². The van der Waals surface area contributed by atoms with Crippen molar-refractivity contribution in [3.63, 3.8) is 0 Å². The summed E-state index contributed by atoms with van der Waals surface area (Å²) in [6, 6.07) is 20.7. The third-order valence-corrected chi connectivity index (χ3v) is 6.11. The van der Waals surface area contributed by atoms with Crippen molar-refractivity contribution in [1.29, 1.82) is 0 Å². The maximum atomic E-state index is 5.58. The molecular weight excluding hydrogens is 416 g/mol. The summed E-state index contributed by atoms with van der Waals surface area (Å²) in [5.41, 5.74) is 5.72. The van der Waals surface area contributed by atoms with Crippen molar-refractivity contribution in [3.8, 4) is 16.9 Å². The highest BCUT2D eigenvalue weighted by molar-refractivity contribution is 7.17. The van der Waals surface area contributed by atoms with Gasteiger partial charge in [-0.3, -0.25) is 4.98 Å². The molecule has 0 atom stereocenters. The maximum absolute atomic E-state index is 5.58. The number of fused-ring (bicyclic) bond motifs is 1. The van der Waals surface area contributed by atoms with Crippen LogP contribution in [0.3, 0.4) is 0 Å². The summed E-state index contributed by atoms with van der Waals surface area (Å²) in [5, 5.41) is 6.65. The largest absolute Gasteiger partial charge is 0.494 e. The number of nitrogens with one attached hydrogen (secondary N) is 1. The fourth-order valence-electron chi connectivity index (χ4n) is 3.66. The molecule has 0 aliphatic carbocycles. The van der Waals surface area contributed by atoms with Crippen molar-refractivity contribution >= 4 is 33.1 Å². The van der Waals surface area contributed by atoms with Crippen molar-refractivity contribution in [3.05, 3.63) is 95.9 Å². The second kappa shape index (κ2) is 9.16. The molecule has 1 N–H and O–H groups in total. The third kappa shape index (κ3) is 4.31. The molecule has 5 rings (SSSR count). The first-order chi connectivity index (χ1) is 15.8. The molecule has 5 nitrogen and oxygen atoms in total. The Morgan fingerprint density at radius 2 is 1.62 bits per heavy atom. The molecule has 6 heteroatoms. The van der Waals surface area contributed by atoms with Crippen molar-refractivity contribution in [2.45, 2.75) is 13.3 Å². The van der Waals surface area contributed by atoms with Crippen LogP contribution >= 0.6 is 11.3 Å². The normalized spacial score (nSPS) is 10.9. The molecule has 0 radical (unpaired) electrons. The lowest BCUT2D eigenvalue weighted by Crippen LogP contribution is -1.96. The van der Waals surface area contributed by atoms with Crippen molar-refractivity contribution in [1.82, 2.24) is 15.0 Å². The van der Waals surface area contributed by atoms with E-state index in [1.807, 2.05) is 43.6 Å². The molecule has 5 aromatic rings. The van der Waals surface area contributed by atoms with E-state index in [2.05, 4.69) is 62.0 Å². The van der Waals surface area contributed by atoms with E-state index in [0.29, 0.717) is 6.61 Å². The standard InChI is InChI=1S/C26H22N4OS/c1-2-31-22-9-5-20(6-10-22)23-16-32-26-24(23)25(28-17-29-26)30-21-7-3-18(4-8-21)15-19-11-13-27-14-12-19/h3-14,16-17H,2,15H2,1H3,(H,28,29,30). The molecule has 32 heavy (non-hydrogen) atoms. The van der Waals surface area contributed by atoms with E-state index in [1.54, 1.807) is 17.7 Å². The molecule has 3 heterocycles. The quantitative estimate of drug-likeness (QED) is 0.315. The summed E-state index contributed by atoms with van der Waals surface area (Å²) in [4.78, 5) is 14.1. The monoisotopic (exact) mass is 438 g/mol. The SMILES string of the molecule is CCOc1ccc(-c2csc3ncnc(Nc4ccc(Cc5ccncc5)cc4)c23)cc1. The molecule has 0 fully saturated rings. The molecule has 2 aromatic carbocycles. The van der Waals surface area contributed by atoms with Gasteiger partial charge in [0.1, 0.15) is 22.7 Å². The number of aromatic nitrogens is 3. The Balaban J connectivity index is 1.41. The lowest BCUT2D eigenvalue weighted by Gasteiger charge is -2.10. The van der Waals surface area contributed by atoms with Crippen LogP contribution in [-0.2, 0) is 6.42 Å². The van der Waals surface area contributed by atoms with E-state index in [4.69, 9.17) is 4.74 Å². The molecule has 0 aliphatic heterocycles. The van der Waals surface area contributed by atoms with Crippen LogP contribution in [0, 0.1) is 0 Å². The van der Waals surface area contributed by atoms with Crippen LogP contribution in [0.5, 0.6) is 5.75 Å². The zero-order valence-corrected chi connectivity index (χ0v) is 18.5. The summed E-state index contributed by atoms with van der Waals surface area (Å²) in [7, 11) is 0. The summed E-state index contributed by atoms with van der Waals surface area (Å²) in [5.74, 6) is 1.68. The number of ether oxygens (including phenoxy) is 1. The molecule has 0 bridgehead atoms. The van der Waals surface area contributed by atoms with Crippen molar-refractivity contribution in [2.75, 3.05) is 11.9 Å². The maximum Gasteiger partial charge on any atom is 0.143 e. The fourth-order valence-corrected chi connectivity index (χ4v) is 4.57. The average Bonchev–Trinajstić information content (AvgIpc) is 3.27. The van der Waals surface area contributed by atoms with Gasteiger partial charge in [-0.15, -0.1) is 11.3 Å². The Kier molecular flexibility index (Phi) is 5.77. The predicted molar refractivity (Wildman–Crippen MR) is 131 cm³/mol. The minimum atomic E-state index is 0.657. The summed E-state index contributed by atoms with van der Waals surface area (Å²) in [6.45, 7) is 2.64. The van der Waals surface area contributed by atoms with Gasteiger partial charge < -0.3 is 10.1 Å².